The van der Waals surface area contributed by atoms with Gasteiger partial charge >= 0.3 is 0 Å². The second-order valence-electron chi connectivity index (χ2n) is 12.3. The van der Waals surface area contributed by atoms with Crippen LogP contribution in [-0.4, -0.2) is 94.5 Å². The molecule has 0 radical (unpaired) electrons. The van der Waals surface area contributed by atoms with Gasteiger partial charge in [0.05, 0.1) is 28.8 Å². The standard InChI is InChI=1S/C19H22N6O.C16H16N6O/c1-13-11-24(12-14(2)21-13)19-7-6-17(22-23-19)16-5-4-15(10-18(16)26)25-9-3-8-20-25;23-15-8-12(22-7-1-6-18-22)2-3-13(15)14-4-5-16(21-20-14)19-11-9-17-10-11/h3-10,13-14,21,26H,11-12H2,1-2H3;1-8,11,17,23H,9-10H2,(H,19,21). The fourth-order valence-corrected chi connectivity index (χ4v) is 5.91. The normalized spacial score (nSPS) is 17.6. The molecule has 8 rings (SSSR count). The van der Waals surface area contributed by atoms with Gasteiger partial charge in [-0.2, -0.15) is 10.2 Å². The quantitative estimate of drug-likeness (QED) is 0.169. The van der Waals surface area contributed by atoms with Crippen molar-refractivity contribution >= 4 is 11.6 Å². The Bertz CT molecular complexity index is 1950. The Labute approximate surface area is 283 Å². The number of hydrogen-bond donors (Lipinski definition) is 5. The minimum absolute atomic E-state index is 0.149. The molecule has 2 aromatic carbocycles. The second kappa shape index (κ2) is 14.1. The van der Waals surface area contributed by atoms with Crippen molar-refractivity contribution in [2.24, 2.45) is 0 Å². The van der Waals surface area contributed by atoms with Crippen LogP contribution in [0, 0.1) is 0 Å². The number of nitrogens with one attached hydrogen (secondary N) is 3. The van der Waals surface area contributed by atoms with Gasteiger partial charge in [-0.25, -0.2) is 9.36 Å². The van der Waals surface area contributed by atoms with E-state index in [2.05, 4.69) is 65.3 Å². The van der Waals surface area contributed by atoms with Crippen LogP contribution in [0.3, 0.4) is 0 Å². The number of rotatable bonds is 7. The van der Waals surface area contributed by atoms with E-state index in [1.165, 1.54) is 0 Å². The maximum atomic E-state index is 10.4. The number of piperazine rings is 1. The fraction of sp³-hybridized carbons (Fsp3) is 0.257. The summed E-state index contributed by atoms with van der Waals surface area (Å²) in [6, 6.07) is 23.3. The second-order valence-corrected chi connectivity index (χ2v) is 12.3. The van der Waals surface area contributed by atoms with E-state index in [1.54, 1.807) is 33.9 Å². The van der Waals surface area contributed by atoms with Crippen molar-refractivity contribution in [3.8, 4) is 45.4 Å². The first-order chi connectivity index (χ1) is 23.9. The van der Waals surface area contributed by atoms with Gasteiger partial charge in [-0.3, -0.25) is 0 Å². The summed E-state index contributed by atoms with van der Waals surface area (Å²) in [5.74, 6) is 1.91. The van der Waals surface area contributed by atoms with Crippen LogP contribution in [-0.2, 0) is 0 Å². The average Bonchev–Trinajstić information content (AvgIpc) is 3.83. The molecule has 5 N–H and O–H groups in total. The Morgan fingerprint density at radius 2 is 1.27 bits per heavy atom. The number of hydrogen-bond acceptors (Lipinski definition) is 12. The van der Waals surface area contributed by atoms with E-state index in [9.17, 15) is 10.2 Å². The first-order valence-electron chi connectivity index (χ1n) is 16.2. The Morgan fingerprint density at radius 1 is 0.694 bits per heavy atom. The van der Waals surface area contributed by atoms with Gasteiger partial charge in [-0.05, 0) is 74.5 Å². The van der Waals surface area contributed by atoms with E-state index in [4.69, 9.17) is 0 Å². The molecule has 2 aliphatic heterocycles. The molecule has 0 amide bonds. The zero-order valence-corrected chi connectivity index (χ0v) is 27.2. The molecule has 250 valence electrons. The van der Waals surface area contributed by atoms with Crippen molar-refractivity contribution in [3.63, 3.8) is 0 Å². The molecule has 49 heavy (non-hydrogen) atoms. The maximum Gasteiger partial charge on any atom is 0.151 e. The smallest absolute Gasteiger partial charge is 0.151 e. The summed E-state index contributed by atoms with van der Waals surface area (Å²) < 4.78 is 3.39. The highest BCUT2D eigenvalue weighted by atomic mass is 16.3. The molecule has 0 bridgehead atoms. The number of benzene rings is 2. The Hall–Kier alpha value is -5.86. The predicted octanol–water partition coefficient (Wildman–Crippen LogP) is 3.64. The zero-order valence-electron chi connectivity index (χ0n) is 27.2. The van der Waals surface area contributed by atoms with Crippen LogP contribution in [0.2, 0.25) is 0 Å². The molecule has 2 fully saturated rings. The summed E-state index contributed by atoms with van der Waals surface area (Å²) in [5, 5.41) is 56.1. The Kier molecular flexibility index (Phi) is 9.12. The van der Waals surface area contributed by atoms with Crippen molar-refractivity contribution < 1.29 is 10.2 Å². The summed E-state index contributed by atoms with van der Waals surface area (Å²) in [5.41, 5.74) is 4.16. The number of aromatic nitrogens is 8. The van der Waals surface area contributed by atoms with Gasteiger partial charge in [-0.1, -0.05) is 0 Å². The lowest BCUT2D eigenvalue weighted by atomic mass is 10.1. The molecule has 0 saturated carbocycles. The van der Waals surface area contributed by atoms with Gasteiger partial charge in [0.15, 0.2) is 5.82 Å². The molecule has 0 aliphatic carbocycles. The van der Waals surface area contributed by atoms with E-state index in [-0.39, 0.29) is 11.5 Å². The van der Waals surface area contributed by atoms with E-state index < -0.39 is 0 Å². The molecule has 2 unspecified atom stereocenters. The van der Waals surface area contributed by atoms with Crippen molar-refractivity contribution in [2.75, 3.05) is 36.4 Å². The van der Waals surface area contributed by atoms with E-state index >= 15 is 0 Å². The Morgan fingerprint density at radius 3 is 1.69 bits per heavy atom. The average molecular weight is 659 g/mol. The van der Waals surface area contributed by atoms with Crippen LogP contribution in [0.25, 0.3) is 33.9 Å². The monoisotopic (exact) mass is 658 g/mol. The van der Waals surface area contributed by atoms with E-state index in [1.807, 2.05) is 73.1 Å². The van der Waals surface area contributed by atoms with Crippen LogP contribution in [0.5, 0.6) is 11.5 Å². The summed E-state index contributed by atoms with van der Waals surface area (Å²) >= 11 is 0. The molecule has 2 aliphatic rings. The van der Waals surface area contributed by atoms with E-state index in [0.717, 1.165) is 49.2 Å². The first kappa shape index (κ1) is 31.7. The number of nitrogens with zero attached hydrogens (tertiary/aromatic N) is 9. The van der Waals surface area contributed by atoms with Gasteiger partial charge in [0.2, 0.25) is 0 Å². The molecule has 2 saturated heterocycles. The highest BCUT2D eigenvalue weighted by Gasteiger charge is 2.22. The van der Waals surface area contributed by atoms with Crippen LogP contribution in [0.15, 0.2) is 97.6 Å². The summed E-state index contributed by atoms with van der Waals surface area (Å²) in [4.78, 5) is 2.24. The lowest BCUT2D eigenvalue weighted by Crippen LogP contribution is -2.54. The van der Waals surface area contributed by atoms with Gasteiger partial charge in [0.25, 0.3) is 0 Å². The van der Waals surface area contributed by atoms with Crippen molar-refractivity contribution in [2.45, 2.75) is 32.0 Å². The SMILES string of the molecule is CC1CN(c2ccc(-c3ccc(-n4cccn4)cc3O)nn2)CC(C)N1.Oc1cc(-n2cccn2)ccc1-c1ccc(NC2CNC2)nn1. The molecule has 14 nitrogen and oxygen atoms in total. The highest BCUT2D eigenvalue weighted by molar-refractivity contribution is 5.70. The van der Waals surface area contributed by atoms with Crippen LogP contribution in [0.1, 0.15) is 13.8 Å². The third kappa shape index (κ3) is 7.35. The molecular weight excluding hydrogens is 620 g/mol. The predicted molar refractivity (Wildman–Crippen MR) is 187 cm³/mol. The molecule has 6 aromatic rings. The summed E-state index contributed by atoms with van der Waals surface area (Å²) in [6.45, 7) is 8.04. The first-order valence-corrected chi connectivity index (χ1v) is 16.2. The largest absolute Gasteiger partial charge is 0.507 e. The topological polar surface area (TPSA) is 167 Å². The van der Waals surface area contributed by atoms with Gasteiger partial charge < -0.3 is 31.1 Å². The number of aromatic hydroxyl groups is 2. The Balaban J connectivity index is 0.000000155. The third-order valence-corrected chi connectivity index (χ3v) is 8.38. The van der Waals surface area contributed by atoms with Gasteiger partial charge in [0, 0.05) is 86.3 Å². The third-order valence-electron chi connectivity index (χ3n) is 8.38. The number of anilines is 2. The van der Waals surface area contributed by atoms with Crippen molar-refractivity contribution in [1.82, 2.24) is 50.6 Å². The van der Waals surface area contributed by atoms with Crippen LogP contribution >= 0.6 is 0 Å². The minimum Gasteiger partial charge on any atom is -0.507 e. The van der Waals surface area contributed by atoms with Gasteiger partial charge in [0.1, 0.15) is 17.3 Å². The summed E-state index contributed by atoms with van der Waals surface area (Å²) in [6.07, 6.45) is 7.05. The maximum absolute atomic E-state index is 10.4. The van der Waals surface area contributed by atoms with E-state index in [0.29, 0.717) is 40.6 Å². The fourth-order valence-electron chi connectivity index (χ4n) is 5.91. The molecule has 0 spiro atoms. The summed E-state index contributed by atoms with van der Waals surface area (Å²) in [7, 11) is 0. The van der Waals surface area contributed by atoms with Crippen LogP contribution in [0.4, 0.5) is 11.6 Å². The van der Waals surface area contributed by atoms with Crippen molar-refractivity contribution in [3.05, 3.63) is 97.6 Å². The minimum atomic E-state index is 0.149. The lowest BCUT2D eigenvalue weighted by molar-refractivity contribution is 0.404. The van der Waals surface area contributed by atoms with Gasteiger partial charge in [-0.15, -0.1) is 20.4 Å². The number of phenolic OH excluding ortho intramolecular Hbond substituents is 2. The van der Waals surface area contributed by atoms with Crippen molar-refractivity contribution in [1.29, 1.82) is 0 Å². The molecule has 4 aromatic heterocycles. The molecule has 2 atom stereocenters. The highest BCUT2D eigenvalue weighted by Crippen LogP contribution is 2.31. The number of phenols is 2. The lowest BCUT2D eigenvalue weighted by Gasteiger charge is -2.36. The zero-order chi connectivity index (χ0) is 33.7. The molecule has 14 heteroatoms. The molecule has 6 heterocycles. The van der Waals surface area contributed by atoms with Crippen LogP contribution < -0.4 is 20.9 Å². The molecular formula is C35H38N12O2.